The van der Waals surface area contributed by atoms with Gasteiger partial charge in [0.05, 0.1) is 13.2 Å². The predicted molar refractivity (Wildman–Crippen MR) is 183 cm³/mol. The molecule has 0 radical (unpaired) electrons. The van der Waals surface area contributed by atoms with E-state index in [1.165, 1.54) is 52.0 Å². The minimum absolute atomic E-state index is 0.00926. The van der Waals surface area contributed by atoms with Crippen molar-refractivity contribution in [3.8, 4) is 0 Å². The third-order valence-electron chi connectivity index (χ3n) is 8.20. The molecule has 0 bridgehead atoms. The average molecular weight is 626 g/mol. The number of esters is 1. The lowest BCUT2D eigenvalue weighted by Crippen LogP contribution is -2.37. The van der Waals surface area contributed by atoms with Gasteiger partial charge in [0.1, 0.15) is 17.6 Å². The summed E-state index contributed by atoms with van der Waals surface area (Å²) in [5.74, 6) is 1.44. The molecule has 44 heavy (non-hydrogen) atoms. The molecular weight excluding hydrogens is 554 g/mol. The van der Waals surface area contributed by atoms with Gasteiger partial charge >= 0.3 is 11.8 Å². The van der Waals surface area contributed by atoms with Gasteiger partial charge in [0.15, 0.2) is 0 Å². The molecule has 1 aliphatic carbocycles. The smallest absolute Gasteiger partial charge is 0.462 e. The highest BCUT2D eigenvalue weighted by atomic mass is 16.6. The first-order valence-corrected chi connectivity index (χ1v) is 17.0. The Morgan fingerprint density at radius 2 is 1.39 bits per heavy atom. The van der Waals surface area contributed by atoms with Crippen molar-refractivity contribution in [3.63, 3.8) is 0 Å². The molecule has 2 aliphatic rings. The lowest BCUT2D eigenvalue weighted by molar-refractivity contribution is -0.150. The predicted octanol–water partition coefficient (Wildman–Crippen LogP) is 9.48. The summed E-state index contributed by atoms with van der Waals surface area (Å²) < 4.78 is 19.9. The van der Waals surface area contributed by atoms with Gasteiger partial charge in [-0.2, -0.15) is 0 Å². The molecule has 7 nitrogen and oxygen atoms in total. The first-order chi connectivity index (χ1) is 19.9. The molecule has 2 heterocycles. The van der Waals surface area contributed by atoms with E-state index < -0.39 is 5.82 Å². The van der Waals surface area contributed by atoms with E-state index in [4.69, 9.17) is 18.3 Å². The average Bonchev–Trinajstić information content (AvgIpc) is 3.18. The van der Waals surface area contributed by atoms with Gasteiger partial charge in [-0.25, -0.2) is 4.79 Å². The van der Waals surface area contributed by atoms with Crippen LogP contribution in [-0.2, 0) is 20.7 Å². The van der Waals surface area contributed by atoms with E-state index in [0.29, 0.717) is 22.4 Å². The molecule has 1 saturated heterocycles. The maximum atomic E-state index is 10.7. The van der Waals surface area contributed by atoms with E-state index >= 15 is 0 Å². The minimum atomic E-state index is -0.605. The van der Waals surface area contributed by atoms with Crippen molar-refractivity contribution < 1.29 is 23.1 Å². The van der Waals surface area contributed by atoms with E-state index in [1.807, 2.05) is 27.7 Å². The van der Waals surface area contributed by atoms with Gasteiger partial charge in [0.2, 0.25) is 0 Å². The third-order valence-corrected chi connectivity index (χ3v) is 8.20. The molecule has 2 fully saturated rings. The summed E-state index contributed by atoms with van der Waals surface area (Å²) in [6, 6.07) is 0. The number of morpholine rings is 1. The Balaban J connectivity index is 0.000000563. The van der Waals surface area contributed by atoms with Crippen molar-refractivity contribution in [2.24, 2.45) is 27.6 Å². The Morgan fingerprint density at radius 3 is 1.70 bits per heavy atom. The number of ether oxygens (including phenoxy) is 2. The van der Waals surface area contributed by atoms with Crippen LogP contribution >= 0.6 is 0 Å². The minimum Gasteiger partial charge on any atom is -0.462 e. The van der Waals surface area contributed by atoms with E-state index in [0.717, 1.165) is 38.6 Å². The normalized spacial score (nSPS) is 17.6. The molecule has 1 atom stereocenters. The molecule has 0 N–H and O–H groups in total. The molecule has 0 aromatic carbocycles. The standard InChI is InChI=1S/C10H21NO.C10H20.C9H14O3.C8H16O2/c1-10(2,3)4-5-11-6-8-12-9-7-11;1-10(2,3)9-7-5-4-6-8-9;1-6-7(5-9(2,3)4)12-8(10)11-6;1-6(8(3,4)5)10-7(2)9/h4-9H2,1-3H3;9H,4-8H2,1-3H3;5H2,1-4H3;6H,1-5H3. The van der Waals surface area contributed by atoms with Crippen LogP contribution in [0, 0.1) is 34.5 Å². The fourth-order valence-electron chi connectivity index (χ4n) is 4.73. The summed E-state index contributed by atoms with van der Waals surface area (Å²) in [5.41, 5.74) is 1.20. The number of hydrogen-bond acceptors (Lipinski definition) is 7. The summed E-state index contributed by atoms with van der Waals surface area (Å²) >= 11 is 0. The highest BCUT2D eigenvalue weighted by molar-refractivity contribution is 5.66. The Labute approximate surface area is 271 Å². The van der Waals surface area contributed by atoms with Crippen LogP contribution in [-0.4, -0.2) is 49.8 Å². The van der Waals surface area contributed by atoms with Crippen LogP contribution in [0.15, 0.2) is 13.6 Å². The van der Waals surface area contributed by atoms with Crippen molar-refractivity contribution >= 4 is 5.97 Å². The Hall–Kier alpha value is -1.60. The van der Waals surface area contributed by atoms with Crippen molar-refractivity contribution in [1.29, 1.82) is 0 Å². The van der Waals surface area contributed by atoms with Gasteiger partial charge in [-0.15, -0.1) is 0 Å². The molecule has 3 rings (SSSR count). The zero-order valence-electron chi connectivity index (χ0n) is 31.5. The molecule has 1 aromatic rings. The second kappa shape index (κ2) is 19.2. The van der Waals surface area contributed by atoms with Gasteiger partial charge in [0.25, 0.3) is 0 Å². The van der Waals surface area contributed by atoms with Crippen molar-refractivity contribution in [2.45, 2.75) is 155 Å². The van der Waals surface area contributed by atoms with Gasteiger partial charge in [-0.3, -0.25) is 9.69 Å². The summed E-state index contributed by atoms with van der Waals surface area (Å²) in [4.78, 5) is 23.6. The molecule has 260 valence electrons. The summed E-state index contributed by atoms with van der Waals surface area (Å²) in [6.07, 6.45) is 9.38. The number of nitrogens with zero attached hydrogens (tertiary/aromatic N) is 1. The maximum absolute atomic E-state index is 10.7. The van der Waals surface area contributed by atoms with Crippen molar-refractivity contribution in [3.05, 3.63) is 22.1 Å². The lowest BCUT2D eigenvalue weighted by atomic mass is 9.72. The number of rotatable bonds is 4. The Bertz CT molecular complexity index is 952. The van der Waals surface area contributed by atoms with Gasteiger partial charge in [0, 0.05) is 26.4 Å². The van der Waals surface area contributed by atoms with Gasteiger partial charge in [-0.05, 0) is 67.2 Å². The fraction of sp³-hybridized carbons (Fsp3) is 0.892. The van der Waals surface area contributed by atoms with Crippen LogP contribution in [0.2, 0.25) is 0 Å². The van der Waals surface area contributed by atoms with E-state index in [2.05, 4.69) is 67.2 Å². The van der Waals surface area contributed by atoms with Crippen molar-refractivity contribution in [1.82, 2.24) is 4.90 Å². The molecule has 0 amide bonds. The number of aryl methyl sites for hydroxylation is 1. The second-order valence-electron chi connectivity index (χ2n) is 17.3. The first-order valence-electron chi connectivity index (χ1n) is 17.0. The Kier molecular flexibility index (Phi) is 18.5. The molecule has 1 aromatic heterocycles. The lowest BCUT2D eigenvalue weighted by Gasteiger charge is -2.33. The van der Waals surface area contributed by atoms with E-state index in [1.54, 1.807) is 6.92 Å². The molecular formula is C37H71NO6. The maximum Gasteiger partial charge on any atom is 0.519 e. The first kappa shape index (κ1) is 42.4. The SMILES string of the molecule is CC(=O)OC(C)C(C)(C)C.CC(C)(C)C1CCCCC1.CC(C)(C)CCN1CCOCC1.Cc1oc(=O)oc1CC(C)(C)C. The summed E-state index contributed by atoms with van der Waals surface area (Å²) in [6.45, 7) is 36.8. The molecule has 1 unspecified atom stereocenters. The highest BCUT2D eigenvalue weighted by Crippen LogP contribution is 2.37. The monoisotopic (exact) mass is 626 g/mol. The van der Waals surface area contributed by atoms with Crippen LogP contribution in [0.4, 0.5) is 0 Å². The zero-order valence-corrected chi connectivity index (χ0v) is 31.5. The number of carbonyl (C=O) groups is 1. The van der Waals surface area contributed by atoms with Crippen LogP contribution in [0.5, 0.6) is 0 Å². The van der Waals surface area contributed by atoms with Gasteiger partial charge < -0.3 is 18.3 Å². The van der Waals surface area contributed by atoms with Crippen LogP contribution in [0.25, 0.3) is 0 Å². The number of carbonyl (C=O) groups excluding carboxylic acids is 1. The zero-order chi connectivity index (χ0) is 34.4. The van der Waals surface area contributed by atoms with E-state index in [9.17, 15) is 9.59 Å². The molecule has 0 spiro atoms. The van der Waals surface area contributed by atoms with Gasteiger partial charge in [-0.1, -0.05) is 102 Å². The number of hydrogen-bond donors (Lipinski definition) is 0. The summed E-state index contributed by atoms with van der Waals surface area (Å²) in [7, 11) is 0. The quantitative estimate of drug-likeness (QED) is 0.308. The van der Waals surface area contributed by atoms with Crippen LogP contribution in [0.1, 0.15) is 147 Å². The molecule has 7 heteroatoms. The topological polar surface area (TPSA) is 82.1 Å². The van der Waals surface area contributed by atoms with Crippen LogP contribution in [0.3, 0.4) is 0 Å². The van der Waals surface area contributed by atoms with Crippen molar-refractivity contribution in [2.75, 3.05) is 32.8 Å². The summed E-state index contributed by atoms with van der Waals surface area (Å²) in [5, 5.41) is 0. The molecule has 1 saturated carbocycles. The molecule has 1 aliphatic heterocycles. The second-order valence-corrected chi connectivity index (χ2v) is 17.3. The highest BCUT2D eigenvalue weighted by Gasteiger charge is 2.25. The Morgan fingerprint density at radius 1 is 0.864 bits per heavy atom. The largest absolute Gasteiger partial charge is 0.519 e. The third kappa shape index (κ3) is 22.0. The van der Waals surface area contributed by atoms with Crippen LogP contribution < -0.4 is 5.82 Å². The van der Waals surface area contributed by atoms with E-state index in [-0.39, 0.29) is 22.9 Å². The fourth-order valence-corrected chi connectivity index (χ4v) is 4.73.